The average Bonchev–Trinajstić information content (AvgIpc) is 2.84. The third-order valence-corrected chi connectivity index (χ3v) is 4.79. The Morgan fingerprint density at radius 2 is 1.48 bits per heavy atom. The van der Waals surface area contributed by atoms with E-state index < -0.39 is 0 Å². The van der Waals surface area contributed by atoms with Crippen LogP contribution in [0.5, 0.6) is 0 Å². The molecule has 0 heterocycles. The fraction of sp³-hybridized carbons (Fsp3) is 0.321. The van der Waals surface area contributed by atoms with Gasteiger partial charge in [0.1, 0.15) is 11.9 Å². The summed E-state index contributed by atoms with van der Waals surface area (Å²) < 4.78 is 19.1. The first kappa shape index (κ1) is 28.0. The van der Waals surface area contributed by atoms with Gasteiger partial charge in [-0.2, -0.15) is 0 Å². The lowest BCUT2D eigenvalue weighted by Crippen LogP contribution is -2.21. The molecule has 3 aromatic rings. The van der Waals surface area contributed by atoms with Crippen molar-refractivity contribution in [2.24, 2.45) is 5.73 Å². The SMILES string of the molecule is CCCNCCOC(c1ccccc1)c1ccc(F)cc1.CCc1ccc(C)cc1.NC=O. The van der Waals surface area contributed by atoms with Crippen LogP contribution >= 0.6 is 0 Å². The number of carbonyl (C=O) groups is 1. The van der Waals surface area contributed by atoms with E-state index in [4.69, 9.17) is 9.53 Å². The zero-order chi connectivity index (χ0) is 24.3. The molecule has 3 rings (SSSR count). The molecule has 33 heavy (non-hydrogen) atoms. The van der Waals surface area contributed by atoms with E-state index >= 15 is 0 Å². The van der Waals surface area contributed by atoms with Crippen LogP contribution in [0.15, 0.2) is 78.9 Å². The first-order valence-electron chi connectivity index (χ1n) is 11.4. The first-order chi connectivity index (χ1) is 16.0. The molecule has 0 saturated heterocycles. The van der Waals surface area contributed by atoms with Crippen molar-refractivity contribution in [1.29, 1.82) is 0 Å². The zero-order valence-corrected chi connectivity index (χ0v) is 20.0. The number of aryl methyl sites for hydroxylation is 2. The summed E-state index contributed by atoms with van der Waals surface area (Å²) in [4.78, 5) is 8.58. The van der Waals surface area contributed by atoms with E-state index in [1.807, 2.05) is 30.3 Å². The molecule has 3 N–H and O–H groups in total. The van der Waals surface area contributed by atoms with Gasteiger partial charge in [0.05, 0.1) is 6.61 Å². The second-order valence-corrected chi connectivity index (χ2v) is 7.44. The van der Waals surface area contributed by atoms with E-state index in [1.165, 1.54) is 23.3 Å². The van der Waals surface area contributed by atoms with Crippen molar-refractivity contribution in [3.05, 3.63) is 107 Å². The number of nitrogens with two attached hydrogens (primary N) is 1. The number of amides is 1. The Kier molecular flexibility index (Phi) is 14.9. The van der Waals surface area contributed by atoms with Gasteiger partial charge in [-0.25, -0.2) is 4.39 Å². The molecule has 3 aromatic carbocycles. The van der Waals surface area contributed by atoms with Crippen molar-refractivity contribution in [1.82, 2.24) is 5.32 Å². The second-order valence-electron chi connectivity index (χ2n) is 7.44. The molecule has 1 atom stereocenters. The molecule has 1 amide bonds. The van der Waals surface area contributed by atoms with E-state index in [0.29, 0.717) is 6.61 Å². The largest absolute Gasteiger partial charge is 0.372 e. The molecule has 0 aliphatic carbocycles. The van der Waals surface area contributed by atoms with Gasteiger partial charge in [0.15, 0.2) is 0 Å². The predicted octanol–water partition coefficient (Wildman–Crippen LogP) is 5.59. The molecule has 0 spiro atoms. The van der Waals surface area contributed by atoms with Crippen LogP contribution in [0.25, 0.3) is 0 Å². The number of hydrogen-bond acceptors (Lipinski definition) is 3. The highest BCUT2D eigenvalue weighted by Crippen LogP contribution is 2.25. The van der Waals surface area contributed by atoms with Crippen LogP contribution in [0, 0.1) is 12.7 Å². The highest BCUT2D eigenvalue weighted by molar-refractivity contribution is 5.42. The lowest BCUT2D eigenvalue weighted by atomic mass is 10.0. The quantitative estimate of drug-likeness (QED) is 0.329. The van der Waals surface area contributed by atoms with Gasteiger partial charge in [0.2, 0.25) is 6.41 Å². The minimum Gasteiger partial charge on any atom is -0.372 e. The van der Waals surface area contributed by atoms with Crippen LogP contribution in [-0.4, -0.2) is 26.1 Å². The minimum absolute atomic E-state index is 0.157. The Balaban J connectivity index is 0.000000375. The molecule has 178 valence electrons. The monoisotopic (exact) mass is 452 g/mol. The highest BCUT2D eigenvalue weighted by Gasteiger charge is 2.14. The van der Waals surface area contributed by atoms with Gasteiger partial charge in [-0.15, -0.1) is 0 Å². The van der Waals surface area contributed by atoms with Crippen molar-refractivity contribution in [3.8, 4) is 0 Å². The third-order valence-electron chi connectivity index (χ3n) is 4.79. The lowest BCUT2D eigenvalue weighted by Gasteiger charge is -2.19. The van der Waals surface area contributed by atoms with Gasteiger partial charge in [0.25, 0.3) is 0 Å². The Morgan fingerprint density at radius 3 is 2.03 bits per heavy atom. The predicted molar refractivity (Wildman–Crippen MR) is 135 cm³/mol. The molecule has 0 fully saturated rings. The molecule has 0 aliphatic heterocycles. The molecule has 0 aliphatic rings. The molecular weight excluding hydrogens is 415 g/mol. The van der Waals surface area contributed by atoms with Crippen LogP contribution in [0.4, 0.5) is 4.39 Å². The fourth-order valence-electron chi connectivity index (χ4n) is 3.02. The van der Waals surface area contributed by atoms with Crippen molar-refractivity contribution < 1.29 is 13.9 Å². The third kappa shape index (κ3) is 12.0. The molecule has 0 bridgehead atoms. The number of benzene rings is 3. The number of carbonyl (C=O) groups excluding carboxylic acids is 1. The Bertz CT molecular complexity index is 869. The van der Waals surface area contributed by atoms with Crippen LogP contribution < -0.4 is 11.1 Å². The molecule has 5 heteroatoms. The van der Waals surface area contributed by atoms with Crippen LogP contribution in [0.3, 0.4) is 0 Å². The lowest BCUT2D eigenvalue weighted by molar-refractivity contribution is -0.106. The summed E-state index contributed by atoms with van der Waals surface area (Å²) in [6.45, 7) is 8.86. The number of hydrogen-bond donors (Lipinski definition) is 2. The van der Waals surface area contributed by atoms with Gasteiger partial charge in [-0.05, 0) is 55.1 Å². The molecule has 0 saturated carbocycles. The van der Waals surface area contributed by atoms with Gasteiger partial charge >= 0.3 is 0 Å². The molecule has 1 unspecified atom stereocenters. The van der Waals surface area contributed by atoms with Crippen LogP contribution in [0.1, 0.15) is 48.6 Å². The van der Waals surface area contributed by atoms with E-state index in [9.17, 15) is 4.39 Å². The molecule has 0 aromatic heterocycles. The number of halogens is 1. The highest BCUT2D eigenvalue weighted by atomic mass is 19.1. The van der Waals surface area contributed by atoms with Crippen molar-refractivity contribution in [3.63, 3.8) is 0 Å². The van der Waals surface area contributed by atoms with Crippen molar-refractivity contribution in [2.45, 2.75) is 39.7 Å². The van der Waals surface area contributed by atoms with Crippen molar-refractivity contribution >= 4 is 6.41 Å². The summed E-state index contributed by atoms with van der Waals surface area (Å²) in [5, 5.41) is 3.32. The summed E-state index contributed by atoms with van der Waals surface area (Å²) in [6, 6.07) is 25.2. The summed E-state index contributed by atoms with van der Waals surface area (Å²) in [7, 11) is 0. The van der Waals surface area contributed by atoms with E-state index in [-0.39, 0.29) is 18.3 Å². The maximum Gasteiger partial charge on any atom is 0.204 e. The number of nitrogens with one attached hydrogen (secondary N) is 1. The van der Waals surface area contributed by atoms with Crippen LogP contribution in [0.2, 0.25) is 0 Å². The summed E-state index contributed by atoms with van der Waals surface area (Å²) in [6.07, 6.45) is 2.34. The molecular formula is C28H37FN2O2. The number of rotatable bonds is 9. The zero-order valence-electron chi connectivity index (χ0n) is 20.0. The standard InChI is InChI=1S/C18H22FNO.C9H12.CH3NO/c1-2-12-20-13-14-21-18(15-6-4-3-5-7-15)16-8-10-17(19)11-9-16;1-3-9-6-4-8(2)5-7-9;2-1-3/h3-11,18,20H,2,12-14H2,1H3;4-7H,3H2,1-2H3;1H,(H2,2,3). The minimum atomic E-state index is -0.227. The van der Waals surface area contributed by atoms with E-state index in [2.05, 4.69) is 56.1 Å². The maximum absolute atomic E-state index is 13.1. The average molecular weight is 453 g/mol. The Labute approximate surface area is 198 Å². The Morgan fingerprint density at radius 1 is 0.909 bits per heavy atom. The first-order valence-corrected chi connectivity index (χ1v) is 11.4. The Hall–Kier alpha value is -3.02. The van der Waals surface area contributed by atoms with Gasteiger partial charge < -0.3 is 15.8 Å². The van der Waals surface area contributed by atoms with Crippen molar-refractivity contribution in [2.75, 3.05) is 19.7 Å². The van der Waals surface area contributed by atoms with E-state index in [1.54, 1.807) is 12.1 Å². The smallest absolute Gasteiger partial charge is 0.204 e. The second kappa shape index (κ2) is 17.5. The topological polar surface area (TPSA) is 64.3 Å². The van der Waals surface area contributed by atoms with Gasteiger partial charge in [-0.3, -0.25) is 4.79 Å². The summed E-state index contributed by atoms with van der Waals surface area (Å²) in [5.41, 5.74) is 8.98. The maximum atomic E-state index is 13.1. The van der Waals surface area contributed by atoms with Crippen LogP contribution in [-0.2, 0) is 16.0 Å². The van der Waals surface area contributed by atoms with Gasteiger partial charge in [0, 0.05) is 6.54 Å². The van der Waals surface area contributed by atoms with Gasteiger partial charge in [-0.1, -0.05) is 86.1 Å². The number of primary amides is 1. The summed E-state index contributed by atoms with van der Waals surface area (Å²) >= 11 is 0. The van der Waals surface area contributed by atoms with E-state index in [0.717, 1.165) is 37.1 Å². The molecule has 0 radical (unpaired) electrons. The molecule has 4 nitrogen and oxygen atoms in total. The normalized spacial score (nSPS) is 10.8. The summed E-state index contributed by atoms with van der Waals surface area (Å²) in [5.74, 6) is -0.227. The number of ether oxygens (including phenoxy) is 1. The fourth-order valence-corrected chi connectivity index (χ4v) is 3.02.